The van der Waals surface area contributed by atoms with Crippen molar-refractivity contribution in [1.82, 2.24) is 4.98 Å². The Balaban J connectivity index is 1.80. The van der Waals surface area contributed by atoms with Crippen LogP contribution in [0.2, 0.25) is 0 Å². The Labute approximate surface area is 112 Å². The molecule has 1 unspecified atom stereocenters. The highest BCUT2D eigenvalue weighted by Crippen LogP contribution is 2.25. The molecule has 1 aliphatic rings. The molecule has 2 heterocycles. The third-order valence-electron chi connectivity index (χ3n) is 3.93. The second kappa shape index (κ2) is 4.96. The maximum Gasteiger partial charge on any atom is 0.306 e. The van der Waals surface area contributed by atoms with E-state index in [0.717, 1.165) is 43.7 Å². The van der Waals surface area contributed by atoms with Gasteiger partial charge in [-0.05, 0) is 31.4 Å². The first-order chi connectivity index (χ1) is 9.24. The smallest absolute Gasteiger partial charge is 0.306 e. The normalized spacial score (nSPS) is 20.4. The average Bonchev–Trinajstić information content (AvgIpc) is 2.67. The van der Waals surface area contributed by atoms with Gasteiger partial charge in [-0.1, -0.05) is 18.2 Å². The summed E-state index contributed by atoms with van der Waals surface area (Å²) in [5.41, 5.74) is 1.14. The number of aliphatic carboxylic acids is 1. The van der Waals surface area contributed by atoms with Crippen molar-refractivity contribution in [2.45, 2.75) is 19.3 Å². The molecule has 4 heteroatoms. The molecule has 0 amide bonds. The van der Waals surface area contributed by atoms with E-state index in [1.54, 1.807) is 0 Å². The molecule has 0 radical (unpaired) electrons. The highest BCUT2D eigenvalue weighted by atomic mass is 16.4. The molecule has 1 atom stereocenters. The van der Waals surface area contributed by atoms with Crippen LogP contribution in [-0.2, 0) is 4.79 Å². The third kappa shape index (κ3) is 2.43. The third-order valence-corrected chi connectivity index (χ3v) is 3.93. The maximum absolute atomic E-state index is 11.1. The molecule has 0 saturated carbocycles. The number of rotatable bonds is 2. The van der Waals surface area contributed by atoms with E-state index in [1.807, 2.05) is 12.1 Å². The number of aromatic amines is 1. The molecule has 2 N–H and O–H groups in total. The number of aromatic nitrogens is 1. The first-order valence-corrected chi connectivity index (χ1v) is 6.79. The fraction of sp³-hybridized carbons (Fsp3) is 0.400. The van der Waals surface area contributed by atoms with Crippen LogP contribution in [0.1, 0.15) is 19.3 Å². The molecule has 100 valence electrons. The molecule has 0 bridgehead atoms. The minimum atomic E-state index is -0.654. The van der Waals surface area contributed by atoms with Gasteiger partial charge >= 0.3 is 5.97 Å². The van der Waals surface area contributed by atoms with Gasteiger partial charge in [0.05, 0.1) is 5.92 Å². The van der Waals surface area contributed by atoms with E-state index in [2.05, 4.69) is 28.1 Å². The number of hydrogen-bond donors (Lipinski definition) is 2. The molecule has 1 aromatic carbocycles. The molecule has 0 aliphatic carbocycles. The van der Waals surface area contributed by atoms with E-state index in [4.69, 9.17) is 5.11 Å². The molecule has 1 fully saturated rings. The predicted octanol–water partition coefficient (Wildman–Crippen LogP) is 2.86. The monoisotopic (exact) mass is 258 g/mol. The van der Waals surface area contributed by atoms with Gasteiger partial charge < -0.3 is 15.0 Å². The molecular weight excluding hydrogens is 240 g/mol. The van der Waals surface area contributed by atoms with Gasteiger partial charge in [0.1, 0.15) is 5.82 Å². The molecule has 1 aromatic heterocycles. The first-order valence-electron chi connectivity index (χ1n) is 6.79. The van der Waals surface area contributed by atoms with Crippen molar-refractivity contribution >= 4 is 22.7 Å². The first kappa shape index (κ1) is 12.1. The van der Waals surface area contributed by atoms with Crippen LogP contribution in [0.5, 0.6) is 0 Å². The molecule has 4 nitrogen and oxygen atoms in total. The minimum absolute atomic E-state index is 0.186. The second-order valence-electron chi connectivity index (χ2n) is 5.19. The van der Waals surface area contributed by atoms with Gasteiger partial charge in [-0.3, -0.25) is 4.79 Å². The molecule has 2 aromatic rings. The predicted molar refractivity (Wildman–Crippen MR) is 75.5 cm³/mol. The van der Waals surface area contributed by atoms with Crippen molar-refractivity contribution in [1.29, 1.82) is 0 Å². The van der Waals surface area contributed by atoms with E-state index in [9.17, 15) is 4.79 Å². The molecular formula is C15H18N2O2. The molecule has 19 heavy (non-hydrogen) atoms. The van der Waals surface area contributed by atoms with Gasteiger partial charge in [0.2, 0.25) is 0 Å². The van der Waals surface area contributed by atoms with Gasteiger partial charge in [-0.15, -0.1) is 0 Å². The van der Waals surface area contributed by atoms with E-state index in [1.165, 1.54) is 5.39 Å². The Morgan fingerprint density at radius 3 is 2.89 bits per heavy atom. The zero-order valence-corrected chi connectivity index (χ0v) is 10.8. The number of carboxylic acids is 1. The number of H-pyrrole nitrogens is 1. The van der Waals surface area contributed by atoms with Crippen molar-refractivity contribution in [3.8, 4) is 0 Å². The summed E-state index contributed by atoms with van der Waals surface area (Å²) in [6.07, 6.45) is 2.45. The van der Waals surface area contributed by atoms with Crippen molar-refractivity contribution < 1.29 is 9.90 Å². The maximum atomic E-state index is 11.1. The number of carbonyl (C=O) groups is 1. The number of nitrogens with zero attached hydrogens (tertiary/aromatic N) is 1. The average molecular weight is 258 g/mol. The van der Waals surface area contributed by atoms with Crippen molar-refractivity contribution in [3.05, 3.63) is 30.3 Å². The van der Waals surface area contributed by atoms with Crippen LogP contribution in [0, 0.1) is 5.92 Å². The summed E-state index contributed by atoms with van der Waals surface area (Å²) in [5, 5.41) is 10.3. The Bertz CT molecular complexity index is 558. The lowest BCUT2D eigenvalue weighted by Crippen LogP contribution is -2.25. The number of para-hydroxylation sites is 1. The second-order valence-corrected chi connectivity index (χ2v) is 5.19. The number of benzene rings is 1. The topological polar surface area (TPSA) is 56.3 Å². The fourth-order valence-electron chi connectivity index (χ4n) is 2.81. The number of nitrogens with one attached hydrogen (secondary N) is 1. The number of anilines is 1. The lowest BCUT2D eigenvalue weighted by Gasteiger charge is -2.20. The van der Waals surface area contributed by atoms with Crippen molar-refractivity contribution in [2.24, 2.45) is 5.92 Å². The highest BCUT2D eigenvalue weighted by molar-refractivity contribution is 5.84. The number of fused-ring (bicyclic) bond motifs is 1. The summed E-state index contributed by atoms with van der Waals surface area (Å²) in [4.78, 5) is 16.7. The Hall–Kier alpha value is -1.97. The summed E-state index contributed by atoms with van der Waals surface area (Å²) < 4.78 is 0. The molecule has 0 spiro atoms. The van der Waals surface area contributed by atoms with Crippen LogP contribution in [0.3, 0.4) is 0 Å². The van der Waals surface area contributed by atoms with Crippen LogP contribution in [0.25, 0.3) is 10.9 Å². The summed E-state index contributed by atoms with van der Waals surface area (Å²) in [5.74, 6) is 0.264. The number of hydrogen-bond acceptors (Lipinski definition) is 2. The summed E-state index contributed by atoms with van der Waals surface area (Å²) in [7, 11) is 0. The van der Waals surface area contributed by atoms with Crippen molar-refractivity contribution in [2.75, 3.05) is 18.0 Å². The van der Waals surface area contributed by atoms with Gasteiger partial charge in [-0.2, -0.15) is 0 Å². The largest absolute Gasteiger partial charge is 0.481 e. The van der Waals surface area contributed by atoms with Crippen LogP contribution < -0.4 is 4.90 Å². The van der Waals surface area contributed by atoms with Crippen LogP contribution >= 0.6 is 0 Å². The molecule has 1 saturated heterocycles. The summed E-state index contributed by atoms with van der Waals surface area (Å²) in [6.45, 7) is 1.74. The van der Waals surface area contributed by atoms with Crippen LogP contribution in [-0.4, -0.2) is 29.1 Å². The number of carboxylic acid groups (broad SMARTS) is 1. The Morgan fingerprint density at radius 2 is 2.11 bits per heavy atom. The van der Waals surface area contributed by atoms with Crippen LogP contribution in [0.4, 0.5) is 5.82 Å². The SMILES string of the molecule is O=C(O)C1CCCN(c2cc3ccccc3[nH]2)CC1. The quantitative estimate of drug-likeness (QED) is 0.870. The Morgan fingerprint density at radius 1 is 1.26 bits per heavy atom. The van der Waals surface area contributed by atoms with E-state index >= 15 is 0 Å². The lowest BCUT2D eigenvalue weighted by atomic mass is 10.0. The van der Waals surface area contributed by atoms with E-state index in [0.29, 0.717) is 0 Å². The zero-order chi connectivity index (χ0) is 13.2. The van der Waals surface area contributed by atoms with Crippen LogP contribution in [0.15, 0.2) is 30.3 Å². The molecule has 3 rings (SSSR count). The summed E-state index contributed by atoms with van der Waals surface area (Å²) in [6, 6.07) is 10.4. The summed E-state index contributed by atoms with van der Waals surface area (Å²) >= 11 is 0. The van der Waals surface area contributed by atoms with Gasteiger partial charge in [0.15, 0.2) is 0 Å². The standard InChI is InChI=1S/C15H18N2O2/c18-15(19)11-5-3-8-17(9-7-11)14-10-12-4-1-2-6-13(12)16-14/h1-2,4,6,10-11,16H,3,5,7-9H2,(H,18,19). The van der Waals surface area contributed by atoms with Crippen molar-refractivity contribution in [3.63, 3.8) is 0 Å². The van der Waals surface area contributed by atoms with E-state index in [-0.39, 0.29) is 5.92 Å². The van der Waals surface area contributed by atoms with Gasteiger partial charge in [0, 0.05) is 24.0 Å². The Kier molecular flexibility index (Phi) is 3.15. The van der Waals surface area contributed by atoms with E-state index < -0.39 is 5.97 Å². The minimum Gasteiger partial charge on any atom is -0.481 e. The zero-order valence-electron chi connectivity index (χ0n) is 10.8. The van der Waals surface area contributed by atoms with Gasteiger partial charge in [-0.25, -0.2) is 0 Å². The molecule has 1 aliphatic heterocycles. The van der Waals surface area contributed by atoms with Gasteiger partial charge in [0.25, 0.3) is 0 Å². The lowest BCUT2D eigenvalue weighted by molar-refractivity contribution is -0.142. The fourth-order valence-corrected chi connectivity index (χ4v) is 2.81. The highest BCUT2D eigenvalue weighted by Gasteiger charge is 2.22.